The molecule has 8 N–H and O–H groups in total. The molecule has 0 saturated carbocycles. The van der Waals surface area contributed by atoms with Crippen LogP contribution in [0.3, 0.4) is 0 Å². The Bertz CT molecular complexity index is 3100. The molecule has 550 valence electrons. The molecule has 99 heavy (non-hydrogen) atoms. The highest BCUT2D eigenvalue weighted by atomic mass is 16.6. The highest BCUT2D eigenvalue weighted by molar-refractivity contribution is 6.15. The van der Waals surface area contributed by atoms with E-state index in [1.165, 1.54) is 26.2 Å². The minimum Gasteiger partial charge on any atom is -0.445 e. The van der Waals surface area contributed by atoms with Crippen LogP contribution >= 0.6 is 0 Å². The summed E-state index contributed by atoms with van der Waals surface area (Å²) in [7, 11) is 6.14. The first kappa shape index (κ1) is 83.1. The van der Waals surface area contributed by atoms with E-state index in [1.807, 2.05) is 45.9 Å². The lowest BCUT2D eigenvalue weighted by Gasteiger charge is -2.41. The summed E-state index contributed by atoms with van der Waals surface area (Å²) in [5, 5.41) is 24.2. The van der Waals surface area contributed by atoms with Crippen molar-refractivity contribution in [2.24, 2.45) is 47.2 Å². The van der Waals surface area contributed by atoms with Gasteiger partial charge in [-0.25, -0.2) is 14.4 Å². The van der Waals surface area contributed by atoms with Crippen LogP contribution in [-0.4, -0.2) is 198 Å². The molecule has 27 heteroatoms. The predicted octanol–water partition coefficient (Wildman–Crippen LogP) is 6.59. The lowest BCUT2D eigenvalue weighted by atomic mass is 9.83. The average Bonchev–Trinajstić information content (AvgIpc) is 1.81. The van der Waals surface area contributed by atoms with E-state index in [9.17, 15) is 62.6 Å². The standard InChI is InChI=1S/C72H110N10O17/c1-18-44(8)62(56(96-16)38-59(87)81-35-23-27-52(81)64(97-17)45(9)65(89)76-46(10)63(88)48-24-20-19-21-25-48)79(14)68(92)51(41(2)3)37-55(84)61(43(6)7)80(15)71(95)98-40-47-28-30-50(31-29-47)77-66(90)49(26-22-34-74-69(73)93)36-54(83)60(42(4)5)78-67(91)53(82-57(85)32-33-58(82)86)39-75-70(94)99-72(11,12)13/h19-21,24-25,28-33,41-46,49,51-53,56,60-64,88H,18,22-23,26-27,34-40H2,1-17H3,(H,75,94)(H,76,89)(H,77,90)(H,78,91)(H3,73,74,93)/t44-,45+,46+,49+,51-,52-,53?,56+,60-,61-,62-,63+,64+/m0/s1. The van der Waals surface area contributed by atoms with E-state index >= 15 is 0 Å². The van der Waals surface area contributed by atoms with Crippen LogP contribution in [-0.2, 0) is 68.7 Å². The molecular weight excluding hydrogens is 1280 g/mol. The maximum Gasteiger partial charge on any atom is 0.410 e. The molecule has 11 amide bonds. The van der Waals surface area contributed by atoms with Crippen LogP contribution in [0.15, 0.2) is 66.7 Å². The predicted molar refractivity (Wildman–Crippen MR) is 370 cm³/mol. The van der Waals surface area contributed by atoms with Gasteiger partial charge in [0.2, 0.25) is 29.5 Å². The molecule has 0 aromatic heterocycles. The van der Waals surface area contributed by atoms with Crippen molar-refractivity contribution in [2.45, 2.75) is 208 Å². The molecule has 2 heterocycles. The fourth-order valence-electron chi connectivity index (χ4n) is 12.8. The summed E-state index contributed by atoms with van der Waals surface area (Å²) < 4.78 is 23.1. The lowest BCUT2D eigenvalue weighted by molar-refractivity contribution is -0.149. The number of methoxy groups -OCH3 is 2. The zero-order valence-corrected chi connectivity index (χ0v) is 60.9. The number of anilines is 1. The van der Waals surface area contributed by atoms with Crippen molar-refractivity contribution >= 4 is 76.8 Å². The monoisotopic (exact) mass is 1390 g/mol. The van der Waals surface area contributed by atoms with Gasteiger partial charge in [-0.3, -0.25) is 48.1 Å². The van der Waals surface area contributed by atoms with Crippen LogP contribution in [0.25, 0.3) is 0 Å². The minimum atomic E-state index is -1.58. The van der Waals surface area contributed by atoms with Gasteiger partial charge in [-0.05, 0) is 100 Å². The van der Waals surface area contributed by atoms with Crippen molar-refractivity contribution in [3.63, 3.8) is 0 Å². The number of carbonyl (C=O) groups excluding carboxylic acids is 12. The van der Waals surface area contributed by atoms with Crippen molar-refractivity contribution in [3.05, 3.63) is 77.9 Å². The van der Waals surface area contributed by atoms with Gasteiger partial charge in [-0.15, -0.1) is 0 Å². The van der Waals surface area contributed by atoms with Gasteiger partial charge in [-0.1, -0.05) is 111 Å². The minimum absolute atomic E-state index is 0.0792. The molecule has 2 aromatic rings. The van der Waals surface area contributed by atoms with E-state index in [1.54, 1.807) is 116 Å². The van der Waals surface area contributed by atoms with Gasteiger partial charge in [0.05, 0.1) is 67.4 Å². The molecule has 1 unspecified atom stereocenters. The number of hydrogen-bond donors (Lipinski definition) is 7. The smallest absolute Gasteiger partial charge is 0.410 e. The SMILES string of the molecule is CC[C@H](C)[C@@H]([C@@H](CC(=O)N1CCC[C@H]1[C@H](OC)[C@@H](C)C(=O)N[C@H](C)[C@@H](O)c1ccccc1)OC)N(C)C(=O)[C@@H](CC(=O)[C@H](C(C)C)N(C)C(=O)OCc1ccc(NC(=O)[C@H](CCCNC(N)=O)CC(=O)[C@@H](NC(=O)C(CNC(=O)OC(C)(C)C)N2C(=O)C=CC2=O)C(C)C)cc1)C(C)C. The quantitative estimate of drug-likeness (QED) is 0.0275. The second kappa shape index (κ2) is 38.9. The number of aliphatic hydroxyl groups is 1. The number of ketones is 2. The van der Waals surface area contributed by atoms with E-state index in [0.717, 1.165) is 12.2 Å². The molecule has 1 fully saturated rings. The molecule has 0 spiro atoms. The average molecular weight is 1390 g/mol. The summed E-state index contributed by atoms with van der Waals surface area (Å²) in [4.78, 5) is 169. The Morgan fingerprint density at radius 3 is 1.91 bits per heavy atom. The Balaban J connectivity index is 1.43. The van der Waals surface area contributed by atoms with Gasteiger partial charge in [0.25, 0.3) is 11.8 Å². The number of ether oxygens (including phenoxy) is 4. The van der Waals surface area contributed by atoms with E-state index in [0.29, 0.717) is 47.5 Å². The van der Waals surface area contributed by atoms with Crippen LogP contribution in [0, 0.1) is 41.4 Å². The highest BCUT2D eigenvalue weighted by Gasteiger charge is 2.45. The number of rotatable bonds is 38. The number of amides is 11. The fourth-order valence-corrected chi connectivity index (χ4v) is 12.8. The molecule has 13 atom stereocenters. The Labute approximate surface area is 583 Å². The molecule has 2 aliphatic rings. The number of carbonyl (C=O) groups is 12. The zero-order valence-electron chi connectivity index (χ0n) is 60.9. The largest absolute Gasteiger partial charge is 0.445 e. The number of aliphatic hydroxyl groups excluding tert-OH is 1. The molecule has 0 bridgehead atoms. The maximum absolute atomic E-state index is 14.9. The van der Waals surface area contributed by atoms with Gasteiger partial charge in [0.1, 0.15) is 18.2 Å². The first-order chi connectivity index (χ1) is 46.5. The number of primary amides is 1. The second-order valence-electron chi connectivity index (χ2n) is 28.1. The molecule has 4 rings (SSSR count). The summed E-state index contributed by atoms with van der Waals surface area (Å²) in [6.07, 6.45) is -0.648. The van der Waals surface area contributed by atoms with Gasteiger partial charge in [-0.2, -0.15) is 0 Å². The number of nitrogens with two attached hydrogens (primary N) is 1. The molecular formula is C72H110N10O17. The van der Waals surface area contributed by atoms with E-state index < -0.39 is 150 Å². The van der Waals surface area contributed by atoms with Crippen molar-refractivity contribution in [1.29, 1.82) is 0 Å². The number of nitrogens with one attached hydrogen (secondary N) is 5. The van der Waals surface area contributed by atoms with Gasteiger partial charge >= 0.3 is 18.2 Å². The van der Waals surface area contributed by atoms with Gasteiger partial charge in [0, 0.05) is 83.9 Å². The Morgan fingerprint density at radius 2 is 1.36 bits per heavy atom. The molecule has 1 saturated heterocycles. The molecule has 2 aromatic carbocycles. The summed E-state index contributed by atoms with van der Waals surface area (Å²) in [6.45, 7) is 22.6. The lowest BCUT2D eigenvalue weighted by Crippen LogP contribution is -2.58. The Kier molecular flexibility index (Phi) is 32.7. The van der Waals surface area contributed by atoms with Gasteiger partial charge < -0.3 is 71.1 Å². The molecule has 0 aliphatic carbocycles. The summed E-state index contributed by atoms with van der Waals surface area (Å²) in [5.74, 6) is -8.95. The van der Waals surface area contributed by atoms with Crippen LogP contribution in [0.4, 0.5) is 20.1 Å². The number of hydrogen-bond acceptors (Lipinski definition) is 17. The third kappa shape index (κ3) is 24.2. The number of nitrogens with zero attached hydrogens (tertiary/aromatic N) is 4. The van der Waals surface area contributed by atoms with Crippen molar-refractivity contribution in [1.82, 2.24) is 40.9 Å². The number of imide groups is 1. The highest BCUT2D eigenvalue weighted by Crippen LogP contribution is 2.32. The number of likely N-dealkylation sites (tertiary alicyclic amines) is 1. The molecule has 0 radical (unpaired) electrons. The Hall–Kier alpha value is -8.30. The van der Waals surface area contributed by atoms with Crippen LogP contribution in [0.5, 0.6) is 0 Å². The number of urea groups is 1. The van der Waals surface area contributed by atoms with Crippen molar-refractivity contribution < 1.29 is 81.6 Å². The second-order valence-corrected chi connectivity index (χ2v) is 28.1. The fraction of sp³-hybridized carbons (Fsp3) is 0.639. The zero-order chi connectivity index (χ0) is 74.3. The summed E-state index contributed by atoms with van der Waals surface area (Å²) in [5.41, 5.74) is 5.85. The topological polar surface area (TPSA) is 361 Å². The van der Waals surface area contributed by atoms with E-state index in [4.69, 9.17) is 24.7 Å². The van der Waals surface area contributed by atoms with Crippen LogP contribution in [0.1, 0.15) is 159 Å². The number of alkyl carbamates (subject to hydrolysis) is 1. The third-order valence-electron chi connectivity index (χ3n) is 18.5. The van der Waals surface area contributed by atoms with E-state index in [2.05, 4.69) is 26.6 Å². The molecule has 2 aliphatic heterocycles. The number of likely N-dealkylation sites (N-methyl/N-ethyl adjacent to an activating group) is 2. The Morgan fingerprint density at radius 1 is 0.737 bits per heavy atom. The number of benzene rings is 2. The number of Topliss-reactive ketones (excluding diaryl/α,β-unsaturated/α-hetero) is 2. The van der Waals surface area contributed by atoms with Crippen LogP contribution in [0.2, 0.25) is 0 Å². The van der Waals surface area contributed by atoms with Crippen molar-refractivity contribution in [2.75, 3.05) is 53.3 Å². The van der Waals surface area contributed by atoms with Crippen molar-refractivity contribution in [3.8, 4) is 0 Å². The molecule has 27 nitrogen and oxygen atoms in total. The summed E-state index contributed by atoms with van der Waals surface area (Å²) in [6, 6.07) is 9.12. The summed E-state index contributed by atoms with van der Waals surface area (Å²) >= 11 is 0. The van der Waals surface area contributed by atoms with E-state index in [-0.39, 0.29) is 74.2 Å². The first-order valence-corrected chi connectivity index (χ1v) is 34.3. The van der Waals surface area contributed by atoms with Gasteiger partial charge in [0.15, 0.2) is 11.6 Å². The van der Waals surface area contributed by atoms with Crippen LogP contribution < -0.4 is 32.3 Å². The maximum atomic E-state index is 14.9. The normalized spacial score (nSPS) is 17.6. The third-order valence-corrected chi connectivity index (χ3v) is 18.5. The first-order valence-electron chi connectivity index (χ1n) is 34.3.